The Labute approximate surface area is 206 Å². The molecule has 0 spiro atoms. The van der Waals surface area contributed by atoms with E-state index < -0.39 is 5.97 Å². The fourth-order valence-corrected chi connectivity index (χ4v) is 3.74. The van der Waals surface area contributed by atoms with E-state index in [1.165, 1.54) is 0 Å². The molecule has 3 aromatic rings. The molecule has 0 amide bonds. The molecule has 0 saturated carbocycles. The van der Waals surface area contributed by atoms with E-state index in [-0.39, 0.29) is 19.0 Å². The fourth-order valence-electron chi connectivity index (χ4n) is 3.05. The molecule has 0 aliphatic rings. The molecule has 0 atom stereocenters. The Balaban J connectivity index is 1.42. The van der Waals surface area contributed by atoms with Gasteiger partial charge in [0.1, 0.15) is 18.1 Å². The van der Waals surface area contributed by atoms with Crippen LogP contribution in [0.3, 0.4) is 0 Å². The Kier molecular flexibility index (Phi) is 8.92. The van der Waals surface area contributed by atoms with E-state index in [2.05, 4.69) is 15.9 Å². The lowest BCUT2D eigenvalue weighted by molar-refractivity contribution is -0.134. The predicted octanol–water partition coefficient (Wildman–Crippen LogP) is 6.84. The molecule has 0 N–H and O–H groups in total. The molecular weight excluding hydrogens is 508 g/mol. The SMILES string of the molecule is Cc1cc(OCCCC(=O)Oc2ccc(C(=O)OCc3ccccc3)cc2)c(Br)c(C)c1Cl. The second kappa shape index (κ2) is 11.9. The Bertz CT molecular complexity index is 1110. The molecule has 172 valence electrons. The summed E-state index contributed by atoms with van der Waals surface area (Å²) in [6.45, 7) is 4.39. The van der Waals surface area contributed by atoms with Crippen molar-refractivity contribution in [2.24, 2.45) is 0 Å². The molecule has 3 aromatic carbocycles. The molecule has 0 radical (unpaired) electrons. The minimum Gasteiger partial charge on any atom is -0.492 e. The number of benzene rings is 3. The Hall–Kier alpha value is -2.83. The highest BCUT2D eigenvalue weighted by Gasteiger charge is 2.12. The van der Waals surface area contributed by atoms with Crippen LogP contribution < -0.4 is 9.47 Å². The van der Waals surface area contributed by atoms with Gasteiger partial charge in [-0.3, -0.25) is 4.79 Å². The topological polar surface area (TPSA) is 61.8 Å². The van der Waals surface area contributed by atoms with Gasteiger partial charge in [0.15, 0.2) is 0 Å². The summed E-state index contributed by atoms with van der Waals surface area (Å²) in [5.41, 5.74) is 3.14. The second-order valence-electron chi connectivity index (χ2n) is 7.46. The Morgan fingerprint density at radius 2 is 1.70 bits per heavy atom. The summed E-state index contributed by atoms with van der Waals surface area (Å²) in [5, 5.41) is 0.702. The zero-order valence-electron chi connectivity index (χ0n) is 18.4. The number of esters is 2. The van der Waals surface area contributed by atoms with Crippen LogP contribution in [0.15, 0.2) is 65.1 Å². The molecule has 0 bridgehead atoms. The first-order valence-corrected chi connectivity index (χ1v) is 11.6. The molecule has 7 heteroatoms. The number of hydrogen-bond donors (Lipinski definition) is 0. The van der Waals surface area contributed by atoms with Gasteiger partial charge >= 0.3 is 11.9 Å². The minimum atomic E-state index is -0.437. The van der Waals surface area contributed by atoms with Gasteiger partial charge in [0.2, 0.25) is 0 Å². The smallest absolute Gasteiger partial charge is 0.338 e. The third-order valence-corrected chi connectivity index (χ3v) is 6.45. The third kappa shape index (κ3) is 7.07. The maximum atomic E-state index is 12.2. The number of aryl methyl sites for hydroxylation is 1. The van der Waals surface area contributed by atoms with Gasteiger partial charge < -0.3 is 14.2 Å². The van der Waals surface area contributed by atoms with Crippen molar-refractivity contribution in [3.8, 4) is 11.5 Å². The molecule has 0 unspecified atom stereocenters. The largest absolute Gasteiger partial charge is 0.492 e. The third-order valence-electron chi connectivity index (χ3n) is 4.89. The summed E-state index contributed by atoms with van der Waals surface area (Å²) in [5.74, 6) is 0.248. The Morgan fingerprint density at radius 3 is 2.39 bits per heavy atom. The maximum absolute atomic E-state index is 12.2. The Morgan fingerprint density at radius 1 is 1.00 bits per heavy atom. The van der Waals surface area contributed by atoms with Crippen molar-refractivity contribution in [3.05, 3.63) is 92.4 Å². The van der Waals surface area contributed by atoms with Crippen molar-refractivity contribution in [2.45, 2.75) is 33.3 Å². The van der Waals surface area contributed by atoms with Crippen molar-refractivity contribution < 1.29 is 23.8 Å². The highest BCUT2D eigenvalue weighted by Crippen LogP contribution is 2.35. The van der Waals surface area contributed by atoms with Gasteiger partial charge in [-0.2, -0.15) is 0 Å². The average Bonchev–Trinajstić information content (AvgIpc) is 2.83. The van der Waals surface area contributed by atoms with Crippen molar-refractivity contribution >= 4 is 39.5 Å². The standard InChI is InChI=1S/C26H24BrClO5/c1-17-15-22(24(27)18(2)25(17)28)31-14-6-9-23(29)33-21-12-10-20(11-13-21)26(30)32-16-19-7-4-3-5-8-19/h3-5,7-8,10-13,15H,6,9,14,16H2,1-2H3. The molecule has 0 aromatic heterocycles. The van der Waals surface area contributed by atoms with Crippen molar-refractivity contribution in [2.75, 3.05) is 6.61 Å². The van der Waals surface area contributed by atoms with Crippen LogP contribution in [0.2, 0.25) is 5.02 Å². The summed E-state index contributed by atoms with van der Waals surface area (Å²) >= 11 is 9.72. The second-order valence-corrected chi connectivity index (χ2v) is 8.63. The van der Waals surface area contributed by atoms with Crippen LogP contribution in [0.4, 0.5) is 0 Å². The molecule has 0 aliphatic carbocycles. The van der Waals surface area contributed by atoms with Crippen LogP contribution in [0, 0.1) is 13.8 Å². The van der Waals surface area contributed by atoms with Gasteiger partial charge in [-0.05, 0) is 83.2 Å². The highest BCUT2D eigenvalue weighted by molar-refractivity contribution is 9.10. The van der Waals surface area contributed by atoms with Crippen LogP contribution in [0.25, 0.3) is 0 Å². The molecule has 0 heterocycles. The molecule has 5 nitrogen and oxygen atoms in total. The summed E-state index contributed by atoms with van der Waals surface area (Å²) in [4.78, 5) is 24.3. The summed E-state index contributed by atoms with van der Waals surface area (Å²) < 4.78 is 17.2. The van der Waals surface area contributed by atoms with E-state index in [9.17, 15) is 9.59 Å². The van der Waals surface area contributed by atoms with Gasteiger partial charge in [-0.1, -0.05) is 41.9 Å². The van der Waals surface area contributed by atoms with E-state index in [0.29, 0.717) is 35.1 Å². The average molecular weight is 532 g/mol. The number of halogens is 2. The first-order valence-electron chi connectivity index (χ1n) is 10.4. The van der Waals surface area contributed by atoms with E-state index in [1.807, 2.05) is 50.2 Å². The number of hydrogen-bond acceptors (Lipinski definition) is 5. The summed E-state index contributed by atoms with van der Waals surface area (Å²) in [7, 11) is 0. The van der Waals surface area contributed by atoms with Crippen molar-refractivity contribution in [1.82, 2.24) is 0 Å². The highest BCUT2D eigenvalue weighted by atomic mass is 79.9. The first kappa shape index (κ1) is 24.8. The maximum Gasteiger partial charge on any atom is 0.338 e. The van der Waals surface area contributed by atoms with Gasteiger partial charge in [0.05, 0.1) is 16.6 Å². The molecule has 33 heavy (non-hydrogen) atoms. The fraction of sp³-hybridized carbons (Fsp3) is 0.231. The molecule has 0 saturated heterocycles. The van der Waals surface area contributed by atoms with Gasteiger partial charge in [-0.15, -0.1) is 0 Å². The minimum absolute atomic E-state index is 0.198. The zero-order chi connectivity index (χ0) is 23.8. The van der Waals surface area contributed by atoms with Gasteiger partial charge in [0.25, 0.3) is 0 Å². The van der Waals surface area contributed by atoms with Crippen LogP contribution in [-0.4, -0.2) is 18.5 Å². The van der Waals surface area contributed by atoms with Crippen molar-refractivity contribution in [1.29, 1.82) is 0 Å². The molecular formula is C26H24BrClO5. The first-order chi connectivity index (χ1) is 15.8. The van der Waals surface area contributed by atoms with E-state index >= 15 is 0 Å². The number of rotatable bonds is 9. The summed E-state index contributed by atoms with van der Waals surface area (Å²) in [6, 6.07) is 17.6. The van der Waals surface area contributed by atoms with E-state index in [4.69, 9.17) is 25.8 Å². The quantitative estimate of drug-likeness (QED) is 0.172. The molecule has 3 rings (SSSR count). The number of carbonyl (C=O) groups is 2. The molecule has 0 aliphatic heterocycles. The lowest BCUT2D eigenvalue weighted by atomic mass is 10.1. The van der Waals surface area contributed by atoms with Crippen molar-refractivity contribution in [3.63, 3.8) is 0 Å². The lowest BCUT2D eigenvalue weighted by Crippen LogP contribution is -2.10. The van der Waals surface area contributed by atoms with Crippen LogP contribution in [0.1, 0.15) is 39.9 Å². The van der Waals surface area contributed by atoms with Crippen LogP contribution >= 0.6 is 27.5 Å². The molecule has 0 fully saturated rings. The number of carbonyl (C=O) groups excluding carboxylic acids is 2. The normalized spacial score (nSPS) is 10.5. The predicted molar refractivity (Wildman–Crippen MR) is 131 cm³/mol. The van der Waals surface area contributed by atoms with Gasteiger partial charge in [0, 0.05) is 11.4 Å². The number of ether oxygens (including phenoxy) is 3. The zero-order valence-corrected chi connectivity index (χ0v) is 20.7. The summed E-state index contributed by atoms with van der Waals surface area (Å²) in [6.07, 6.45) is 0.694. The van der Waals surface area contributed by atoms with Crippen LogP contribution in [0.5, 0.6) is 11.5 Å². The van der Waals surface area contributed by atoms with E-state index in [0.717, 1.165) is 21.2 Å². The lowest BCUT2D eigenvalue weighted by Gasteiger charge is -2.13. The van der Waals surface area contributed by atoms with Gasteiger partial charge in [-0.25, -0.2) is 4.79 Å². The van der Waals surface area contributed by atoms with E-state index in [1.54, 1.807) is 24.3 Å². The van der Waals surface area contributed by atoms with Crippen LogP contribution in [-0.2, 0) is 16.1 Å². The monoisotopic (exact) mass is 530 g/mol.